The van der Waals surface area contributed by atoms with Crippen molar-refractivity contribution in [1.29, 1.82) is 0 Å². The van der Waals surface area contributed by atoms with Gasteiger partial charge in [0.2, 0.25) is 5.91 Å². The molecular formula is C9H13ClN2OS. The normalized spacial score (nSPS) is 16.5. The van der Waals surface area contributed by atoms with Crippen molar-refractivity contribution in [3.63, 3.8) is 0 Å². The van der Waals surface area contributed by atoms with Crippen molar-refractivity contribution < 1.29 is 4.79 Å². The lowest BCUT2D eigenvalue weighted by Gasteiger charge is -2.30. The van der Waals surface area contributed by atoms with Gasteiger partial charge >= 0.3 is 0 Å². The minimum atomic E-state index is -1.81. The van der Waals surface area contributed by atoms with E-state index in [0.717, 1.165) is 5.69 Å². The van der Waals surface area contributed by atoms with E-state index in [1.807, 2.05) is 30.3 Å². The van der Waals surface area contributed by atoms with Crippen molar-refractivity contribution in [1.82, 2.24) is 4.72 Å². The van der Waals surface area contributed by atoms with Crippen molar-refractivity contribution >= 4 is 31.9 Å². The zero-order chi connectivity index (χ0) is 10.6. The molecule has 0 saturated heterocycles. The summed E-state index contributed by atoms with van der Waals surface area (Å²) in [5, 5.41) is 0. The Balaban J connectivity index is 2.63. The van der Waals surface area contributed by atoms with E-state index < -0.39 is 9.61 Å². The van der Waals surface area contributed by atoms with E-state index in [-0.39, 0.29) is 5.91 Å². The number of carbonyl (C=O) groups excluding carboxylic acids is 1. The van der Waals surface area contributed by atoms with Gasteiger partial charge in [0.05, 0.1) is 0 Å². The van der Waals surface area contributed by atoms with Crippen molar-refractivity contribution in [2.45, 2.75) is 6.92 Å². The van der Waals surface area contributed by atoms with Crippen LogP contribution >= 0.6 is 20.3 Å². The van der Waals surface area contributed by atoms with Crippen LogP contribution < -0.4 is 9.44 Å². The molecule has 2 N–H and O–H groups in total. The summed E-state index contributed by atoms with van der Waals surface area (Å²) in [5.74, 6) is -0.138. The van der Waals surface area contributed by atoms with Gasteiger partial charge in [-0.1, -0.05) is 18.2 Å². The van der Waals surface area contributed by atoms with Crippen molar-refractivity contribution in [3.05, 3.63) is 30.3 Å². The molecule has 1 amide bonds. The molecule has 78 valence electrons. The number of rotatable bonds is 3. The van der Waals surface area contributed by atoms with Crippen LogP contribution in [0.1, 0.15) is 6.92 Å². The third kappa shape index (κ3) is 3.89. The highest BCUT2D eigenvalue weighted by Gasteiger charge is 2.14. The largest absolute Gasteiger partial charge is 0.321 e. The summed E-state index contributed by atoms with van der Waals surface area (Å²) in [4.78, 5) is 10.8. The smallest absolute Gasteiger partial charge is 0.227 e. The Labute approximate surface area is 89.9 Å². The van der Waals surface area contributed by atoms with E-state index in [4.69, 9.17) is 10.7 Å². The fraction of sp³-hybridized carbons (Fsp3) is 0.222. The lowest BCUT2D eigenvalue weighted by atomic mass is 10.3. The Morgan fingerprint density at radius 3 is 2.43 bits per heavy atom. The van der Waals surface area contributed by atoms with Gasteiger partial charge in [-0.2, -0.15) is 0 Å². The Morgan fingerprint density at radius 1 is 1.36 bits per heavy atom. The third-order valence-electron chi connectivity index (χ3n) is 1.42. The third-order valence-corrected chi connectivity index (χ3v) is 3.17. The molecular weight excluding hydrogens is 220 g/mol. The fourth-order valence-corrected chi connectivity index (χ4v) is 2.79. The Hall–Kier alpha value is -0.870. The summed E-state index contributed by atoms with van der Waals surface area (Å²) in [7, 11) is 4.29. The number of benzene rings is 1. The highest BCUT2D eigenvalue weighted by Crippen LogP contribution is 2.44. The minimum Gasteiger partial charge on any atom is -0.321 e. The summed E-state index contributed by atoms with van der Waals surface area (Å²) in [6.07, 6.45) is 1.77. The van der Waals surface area contributed by atoms with Crippen molar-refractivity contribution in [2.24, 2.45) is 0 Å². The predicted molar refractivity (Wildman–Crippen MR) is 63.2 cm³/mol. The van der Waals surface area contributed by atoms with Crippen LogP contribution in [-0.2, 0) is 4.79 Å². The number of amides is 1. The van der Waals surface area contributed by atoms with Crippen molar-refractivity contribution in [3.8, 4) is 0 Å². The first-order chi connectivity index (χ1) is 6.49. The van der Waals surface area contributed by atoms with Crippen LogP contribution in [0.4, 0.5) is 5.69 Å². The van der Waals surface area contributed by atoms with E-state index >= 15 is 0 Å². The molecule has 0 aliphatic carbocycles. The lowest BCUT2D eigenvalue weighted by Crippen LogP contribution is -2.25. The van der Waals surface area contributed by atoms with Gasteiger partial charge in [-0.25, -0.2) is 0 Å². The lowest BCUT2D eigenvalue weighted by molar-refractivity contribution is -0.117. The quantitative estimate of drug-likeness (QED) is 0.841. The molecule has 0 fully saturated rings. The molecule has 0 saturated carbocycles. The van der Waals surface area contributed by atoms with E-state index in [0.29, 0.717) is 0 Å². The second-order valence-corrected chi connectivity index (χ2v) is 6.84. The van der Waals surface area contributed by atoms with Gasteiger partial charge < -0.3 is 4.72 Å². The van der Waals surface area contributed by atoms with Gasteiger partial charge in [0.25, 0.3) is 0 Å². The first-order valence-corrected chi connectivity index (χ1v) is 6.95. The molecule has 5 heteroatoms. The number of anilines is 1. The standard InChI is InChI=1S/C9H13ClN2OS/c1-8(13)11-14(2,10)12-9-6-4-3-5-7-9/h3-7,12H,1-2H3,(H,11,13). The van der Waals surface area contributed by atoms with E-state index in [9.17, 15) is 4.79 Å². The molecule has 0 heterocycles. The Kier molecular flexibility index (Phi) is 3.66. The molecule has 1 rings (SSSR count). The SMILES string of the molecule is CC(=O)NS(C)(Cl)Nc1ccccc1. The highest BCUT2D eigenvalue weighted by molar-refractivity contribution is 8.50. The summed E-state index contributed by atoms with van der Waals surface area (Å²) < 4.78 is 5.73. The predicted octanol–water partition coefficient (Wildman–Crippen LogP) is 2.65. The van der Waals surface area contributed by atoms with Gasteiger partial charge in [-0.3, -0.25) is 9.52 Å². The molecule has 0 aliphatic rings. The Bertz CT molecular complexity index is 316. The molecule has 0 bridgehead atoms. The van der Waals surface area contributed by atoms with Crippen LogP contribution in [0.2, 0.25) is 0 Å². The number of nitrogens with one attached hydrogen (secondary N) is 2. The van der Waals surface area contributed by atoms with Gasteiger partial charge in [0.15, 0.2) is 0 Å². The van der Waals surface area contributed by atoms with Crippen molar-refractivity contribution in [2.75, 3.05) is 11.0 Å². The minimum absolute atomic E-state index is 0.138. The second-order valence-electron chi connectivity index (χ2n) is 2.95. The average Bonchev–Trinajstić information content (AvgIpc) is 2.02. The number of carbonyl (C=O) groups is 1. The number of hydrogen-bond donors (Lipinski definition) is 2. The van der Waals surface area contributed by atoms with Crippen LogP contribution in [0.5, 0.6) is 0 Å². The molecule has 1 aromatic carbocycles. The molecule has 0 aliphatic heterocycles. The topological polar surface area (TPSA) is 41.1 Å². The van der Waals surface area contributed by atoms with E-state index in [2.05, 4.69) is 9.44 Å². The summed E-state index contributed by atoms with van der Waals surface area (Å²) in [6, 6.07) is 9.53. The average molecular weight is 233 g/mol. The first-order valence-electron chi connectivity index (χ1n) is 4.09. The second kappa shape index (κ2) is 4.57. The van der Waals surface area contributed by atoms with Crippen LogP contribution in [0.3, 0.4) is 0 Å². The molecule has 3 nitrogen and oxygen atoms in total. The molecule has 1 atom stereocenters. The molecule has 0 spiro atoms. The van der Waals surface area contributed by atoms with Crippen LogP contribution in [-0.4, -0.2) is 12.2 Å². The monoisotopic (exact) mass is 232 g/mol. The Morgan fingerprint density at radius 2 is 1.93 bits per heavy atom. The molecule has 14 heavy (non-hydrogen) atoms. The summed E-state index contributed by atoms with van der Waals surface area (Å²) in [6.45, 7) is 1.44. The first kappa shape index (κ1) is 11.2. The maximum atomic E-state index is 10.8. The summed E-state index contributed by atoms with van der Waals surface area (Å²) >= 11 is 0. The van der Waals surface area contributed by atoms with E-state index in [1.54, 1.807) is 6.26 Å². The maximum Gasteiger partial charge on any atom is 0.227 e. The molecule has 0 aromatic heterocycles. The maximum absolute atomic E-state index is 10.8. The van der Waals surface area contributed by atoms with Crippen LogP contribution in [0, 0.1) is 0 Å². The highest BCUT2D eigenvalue weighted by atomic mass is 35.7. The van der Waals surface area contributed by atoms with Gasteiger partial charge in [-0.15, -0.1) is 0 Å². The van der Waals surface area contributed by atoms with E-state index in [1.165, 1.54) is 6.92 Å². The number of halogens is 1. The van der Waals surface area contributed by atoms with Crippen LogP contribution in [0.15, 0.2) is 30.3 Å². The van der Waals surface area contributed by atoms with Crippen LogP contribution in [0.25, 0.3) is 0 Å². The summed E-state index contributed by atoms with van der Waals surface area (Å²) in [5.41, 5.74) is 0.897. The molecule has 1 unspecified atom stereocenters. The van der Waals surface area contributed by atoms with Gasteiger partial charge in [0, 0.05) is 18.9 Å². The number of hydrogen-bond acceptors (Lipinski definition) is 2. The number of para-hydroxylation sites is 1. The molecule has 1 aromatic rings. The molecule has 0 radical (unpaired) electrons. The van der Waals surface area contributed by atoms with Gasteiger partial charge in [-0.05, 0) is 32.4 Å². The zero-order valence-electron chi connectivity index (χ0n) is 8.08. The zero-order valence-corrected chi connectivity index (χ0v) is 9.65. The fourth-order valence-electron chi connectivity index (χ4n) is 1.02. The van der Waals surface area contributed by atoms with Gasteiger partial charge in [0.1, 0.15) is 0 Å².